The van der Waals surface area contributed by atoms with Gasteiger partial charge in [-0.1, -0.05) is 6.07 Å². The third-order valence-corrected chi connectivity index (χ3v) is 4.08. The third-order valence-electron chi connectivity index (χ3n) is 3.35. The van der Waals surface area contributed by atoms with Crippen LogP contribution in [0.3, 0.4) is 0 Å². The summed E-state index contributed by atoms with van der Waals surface area (Å²) in [6.07, 6.45) is 3.56. The summed E-state index contributed by atoms with van der Waals surface area (Å²) in [6, 6.07) is 9.67. The molecule has 1 aromatic carbocycles. The number of hydrogen-bond donors (Lipinski definition) is 1. The molecule has 22 heavy (non-hydrogen) atoms. The Morgan fingerprint density at radius 2 is 2.09 bits per heavy atom. The molecule has 0 fully saturated rings. The van der Waals surface area contributed by atoms with Gasteiger partial charge < -0.3 is 5.32 Å². The molecule has 0 saturated carbocycles. The van der Waals surface area contributed by atoms with Gasteiger partial charge >= 0.3 is 0 Å². The molecule has 5 nitrogen and oxygen atoms in total. The molecule has 0 aliphatic heterocycles. The molecular weight excluding hydrogens is 296 g/mol. The first kappa shape index (κ1) is 14.6. The second-order valence-electron chi connectivity index (χ2n) is 5.02. The maximum atomic E-state index is 12.5. The Bertz CT molecular complexity index is 856. The fraction of sp³-hybridized carbons (Fsp3) is 0.188. The van der Waals surface area contributed by atoms with Gasteiger partial charge in [0.25, 0.3) is 5.91 Å². The van der Waals surface area contributed by atoms with Gasteiger partial charge in [-0.3, -0.25) is 4.79 Å². The molecule has 0 radical (unpaired) electrons. The van der Waals surface area contributed by atoms with Gasteiger partial charge in [0.15, 0.2) is 5.65 Å². The highest BCUT2D eigenvalue weighted by molar-refractivity contribution is 7.98. The maximum absolute atomic E-state index is 12.5. The number of thioether (sulfide) groups is 1. The van der Waals surface area contributed by atoms with Crippen LogP contribution in [-0.4, -0.2) is 26.8 Å². The fourth-order valence-corrected chi connectivity index (χ4v) is 2.79. The van der Waals surface area contributed by atoms with E-state index in [1.807, 2.05) is 50.4 Å². The molecule has 2 heterocycles. The van der Waals surface area contributed by atoms with Crippen LogP contribution in [0.15, 0.2) is 41.4 Å². The molecule has 2 aromatic heterocycles. The van der Waals surface area contributed by atoms with Crippen LogP contribution in [0, 0.1) is 13.8 Å². The van der Waals surface area contributed by atoms with Crippen LogP contribution < -0.4 is 5.32 Å². The first-order chi connectivity index (χ1) is 10.6. The lowest BCUT2D eigenvalue weighted by molar-refractivity contribution is 0.102. The number of anilines is 1. The molecule has 3 aromatic rings. The van der Waals surface area contributed by atoms with Crippen molar-refractivity contribution in [2.45, 2.75) is 18.7 Å². The zero-order chi connectivity index (χ0) is 15.7. The average molecular weight is 312 g/mol. The number of carbonyl (C=O) groups excluding carboxylic acids is 1. The van der Waals surface area contributed by atoms with Gasteiger partial charge in [0, 0.05) is 22.0 Å². The Morgan fingerprint density at radius 3 is 2.86 bits per heavy atom. The summed E-state index contributed by atoms with van der Waals surface area (Å²) in [4.78, 5) is 18.0. The predicted molar refractivity (Wildman–Crippen MR) is 88.6 cm³/mol. The number of fused-ring (bicyclic) bond motifs is 1. The van der Waals surface area contributed by atoms with Crippen LogP contribution in [0.4, 0.5) is 5.69 Å². The smallest absolute Gasteiger partial charge is 0.261 e. The van der Waals surface area contributed by atoms with Crippen LogP contribution >= 0.6 is 11.8 Å². The minimum Gasteiger partial charge on any atom is -0.322 e. The minimum absolute atomic E-state index is 0.203. The van der Waals surface area contributed by atoms with Crippen molar-refractivity contribution in [3.63, 3.8) is 0 Å². The maximum Gasteiger partial charge on any atom is 0.261 e. The van der Waals surface area contributed by atoms with E-state index in [0.29, 0.717) is 11.2 Å². The summed E-state index contributed by atoms with van der Waals surface area (Å²) in [5, 5.41) is 7.15. The predicted octanol–water partition coefficient (Wildman–Crippen LogP) is 3.32. The number of aromatic nitrogens is 3. The van der Waals surface area contributed by atoms with E-state index in [4.69, 9.17) is 0 Å². The number of carbonyl (C=O) groups is 1. The molecule has 1 amide bonds. The largest absolute Gasteiger partial charge is 0.322 e. The molecule has 0 bridgehead atoms. The molecule has 6 heteroatoms. The Balaban J connectivity index is 1.95. The van der Waals surface area contributed by atoms with E-state index in [2.05, 4.69) is 15.4 Å². The topological polar surface area (TPSA) is 59.3 Å². The summed E-state index contributed by atoms with van der Waals surface area (Å²) in [7, 11) is 0. The summed E-state index contributed by atoms with van der Waals surface area (Å²) in [5.41, 5.74) is 3.63. The van der Waals surface area contributed by atoms with Crippen molar-refractivity contribution in [2.24, 2.45) is 0 Å². The fourth-order valence-electron chi connectivity index (χ4n) is 2.33. The molecule has 0 spiro atoms. The lowest BCUT2D eigenvalue weighted by Crippen LogP contribution is -2.12. The van der Waals surface area contributed by atoms with E-state index in [1.165, 1.54) is 0 Å². The summed E-state index contributed by atoms with van der Waals surface area (Å²) < 4.78 is 1.68. The second kappa shape index (κ2) is 5.81. The molecule has 0 unspecified atom stereocenters. The van der Waals surface area contributed by atoms with Crippen molar-refractivity contribution < 1.29 is 4.79 Å². The summed E-state index contributed by atoms with van der Waals surface area (Å²) in [6.45, 7) is 3.85. The zero-order valence-corrected chi connectivity index (χ0v) is 13.4. The molecule has 0 aliphatic carbocycles. The van der Waals surface area contributed by atoms with Crippen LogP contribution in [0.2, 0.25) is 0 Å². The Hall–Kier alpha value is -2.34. The van der Waals surface area contributed by atoms with Crippen molar-refractivity contribution in [3.8, 4) is 0 Å². The Kier molecular flexibility index (Phi) is 3.85. The molecule has 0 aliphatic rings. The monoisotopic (exact) mass is 312 g/mol. The van der Waals surface area contributed by atoms with Crippen molar-refractivity contribution in [2.75, 3.05) is 11.6 Å². The number of nitrogens with zero attached hydrogens (tertiary/aromatic N) is 3. The average Bonchev–Trinajstić information content (AvgIpc) is 2.91. The van der Waals surface area contributed by atoms with Crippen LogP contribution in [0.5, 0.6) is 0 Å². The highest BCUT2D eigenvalue weighted by atomic mass is 32.2. The molecule has 112 valence electrons. The molecule has 3 rings (SSSR count). The molecule has 0 atom stereocenters. The van der Waals surface area contributed by atoms with Gasteiger partial charge in [-0.05, 0) is 44.4 Å². The minimum atomic E-state index is -0.203. The SMILES string of the molecule is CSc1cccc(NC(=O)c2cnn3c(C)cc(C)nc23)c1. The third kappa shape index (κ3) is 2.69. The van der Waals surface area contributed by atoms with E-state index in [9.17, 15) is 4.79 Å². The number of rotatable bonds is 3. The van der Waals surface area contributed by atoms with Gasteiger partial charge in [0.05, 0.1) is 6.20 Å². The van der Waals surface area contributed by atoms with Crippen LogP contribution in [0.25, 0.3) is 5.65 Å². The lowest BCUT2D eigenvalue weighted by atomic mass is 10.2. The molecular formula is C16H16N4OS. The quantitative estimate of drug-likeness (QED) is 0.754. The lowest BCUT2D eigenvalue weighted by Gasteiger charge is -2.06. The first-order valence-electron chi connectivity index (χ1n) is 6.86. The normalized spacial score (nSPS) is 10.9. The van der Waals surface area contributed by atoms with Crippen molar-refractivity contribution in [3.05, 3.63) is 53.5 Å². The van der Waals surface area contributed by atoms with E-state index in [0.717, 1.165) is 22.0 Å². The summed E-state index contributed by atoms with van der Waals surface area (Å²) in [5.74, 6) is -0.203. The molecule has 0 saturated heterocycles. The van der Waals surface area contributed by atoms with Gasteiger partial charge in [-0.15, -0.1) is 11.8 Å². The standard InChI is InChI=1S/C16H16N4OS/c1-10-7-11(2)20-15(18-10)14(9-17-20)16(21)19-12-5-4-6-13(8-12)22-3/h4-9H,1-3H3,(H,19,21). The highest BCUT2D eigenvalue weighted by Crippen LogP contribution is 2.20. The number of aryl methyl sites for hydroxylation is 2. The van der Waals surface area contributed by atoms with Crippen molar-refractivity contribution in [1.29, 1.82) is 0 Å². The van der Waals surface area contributed by atoms with E-state index in [1.54, 1.807) is 22.5 Å². The van der Waals surface area contributed by atoms with Crippen LogP contribution in [0.1, 0.15) is 21.7 Å². The van der Waals surface area contributed by atoms with Gasteiger partial charge in [0.2, 0.25) is 0 Å². The Morgan fingerprint density at radius 1 is 1.27 bits per heavy atom. The van der Waals surface area contributed by atoms with E-state index in [-0.39, 0.29) is 5.91 Å². The first-order valence-corrected chi connectivity index (χ1v) is 8.08. The second-order valence-corrected chi connectivity index (χ2v) is 5.90. The Labute approximate surface area is 132 Å². The van der Waals surface area contributed by atoms with Gasteiger partial charge in [0.1, 0.15) is 5.56 Å². The molecule has 1 N–H and O–H groups in total. The van der Waals surface area contributed by atoms with Crippen LogP contribution in [-0.2, 0) is 0 Å². The van der Waals surface area contributed by atoms with E-state index < -0.39 is 0 Å². The number of benzene rings is 1. The van der Waals surface area contributed by atoms with Gasteiger partial charge in [-0.2, -0.15) is 5.10 Å². The van der Waals surface area contributed by atoms with Gasteiger partial charge in [-0.25, -0.2) is 9.50 Å². The number of amides is 1. The zero-order valence-electron chi connectivity index (χ0n) is 12.6. The van der Waals surface area contributed by atoms with Crippen molar-refractivity contribution in [1.82, 2.24) is 14.6 Å². The number of nitrogens with one attached hydrogen (secondary N) is 1. The number of hydrogen-bond acceptors (Lipinski definition) is 4. The van der Waals surface area contributed by atoms with E-state index >= 15 is 0 Å². The summed E-state index contributed by atoms with van der Waals surface area (Å²) >= 11 is 1.63. The highest BCUT2D eigenvalue weighted by Gasteiger charge is 2.15. The van der Waals surface area contributed by atoms with Crippen molar-refractivity contribution >= 4 is 29.0 Å².